The van der Waals surface area contributed by atoms with E-state index in [9.17, 15) is 34.8 Å². The SMILES string of the molecule is CC1CC(O)C(O)C(OC2CCC3(C=O)C4CC(=O)C5(C)C(c6ccc(=O)oc6)CCC5(O)C4CCC3(O)C2)O1. The van der Waals surface area contributed by atoms with E-state index in [1.807, 2.05) is 0 Å². The lowest BCUT2D eigenvalue weighted by Gasteiger charge is -2.64. The van der Waals surface area contributed by atoms with Crippen LogP contribution in [-0.4, -0.2) is 74.4 Å². The molecule has 1 aromatic heterocycles. The van der Waals surface area contributed by atoms with Crippen LogP contribution in [0.15, 0.2) is 27.6 Å². The molecule has 4 N–H and O–H groups in total. The zero-order valence-corrected chi connectivity index (χ0v) is 23.0. The quantitative estimate of drug-likeness (QED) is 0.314. The molecule has 5 fully saturated rings. The second-order valence-electron chi connectivity index (χ2n) is 13.3. The molecule has 1 saturated heterocycles. The summed E-state index contributed by atoms with van der Waals surface area (Å²) in [5, 5.41) is 45.0. The van der Waals surface area contributed by atoms with E-state index in [-0.39, 0.29) is 49.4 Å². The molecule has 2 heterocycles. The smallest absolute Gasteiger partial charge is 0.335 e. The number of carbonyl (C=O) groups excluding carboxylic acids is 2. The Morgan fingerprint density at radius 3 is 2.52 bits per heavy atom. The number of aliphatic hydroxyl groups is 4. The van der Waals surface area contributed by atoms with E-state index in [0.717, 1.165) is 6.29 Å². The zero-order chi connectivity index (χ0) is 28.7. The van der Waals surface area contributed by atoms with Crippen LogP contribution < -0.4 is 5.63 Å². The minimum Gasteiger partial charge on any atom is -0.431 e. The van der Waals surface area contributed by atoms with Crippen molar-refractivity contribution in [2.45, 2.75) is 119 Å². The summed E-state index contributed by atoms with van der Waals surface area (Å²) in [5.41, 5.74) is -4.93. The molecule has 12 atom stereocenters. The van der Waals surface area contributed by atoms with Gasteiger partial charge in [0.1, 0.15) is 18.2 Å². The largest absolute Gasteiger partial charge is 0.431 e. The number of carbonyl (C=O) groups is 2. The second-order valence-corrected chi connectivity index (χ2v) is 13.3. The molecule has 10 nitrogen and oxygen atoms in total. The summed E-state index contributed by atoms with van der Waals surface area (Å²) in [6.45, 7) is 3.59. The van der Waals surface area contributed by atoms with Crippen LogP contribution in [-0.2, 0) is 19.1 Å². The molecule has 1 aliphatic heterocycles. The average molecular weight is 561 g/mol. The third kappa shape index (κ3) is 3.79. The summed E-state index contributed by atoms with van der Waals surface area (Å²) in [6, 6.07) is 2.99. The number of fused-ring (bicyclic) bond motifs is 5. The number of ether oxygens (including phenoxy) is 2. The van der Waals surface area contributed by atoms with Gasteiger partial charge in [-0.2, -0.15) is 0 Å². The minimum absolute atomic E-state index is 0.0670. The van der Waals surface area contributed by atoms with Crippen molar-refractivity contribution in [3.8, 4) is 0 Å². The molecule has 4 saturated carbocycles. The van der Waals surface area contributed by atoms with Crippen LogP contribution in [0.5, 0.6) is 0 Å². The third-order valence-corrected chi connectivity index (χ3v) is 11.6. The summed E-state index contributed by atoms with van der Waals surface area (Å²) in [6.07, 6.45) is 0.927. The molecule has 0 amide bonds. The van der Waals surface area contributed by atoms with Crippen molar-refractivity contribution in [1.82, 2.24) is 0 Å². The van der Waals surface area contributed by atoms with Gasteiger partial charge in [-0.1, -0.05) is 0 Å². The Bertz CT molecular complexity index is 1210. The predicted octanol–water partition coefficient (Wildman–Crippen LogP) is 1.60. The van der Waals surface area contributed by atoms with E-state index < -0.39 is 58.2 Å². The maximum absolute atomic E-state index is 14.0. The van der Waals surface area contributed by atoms with Crippen molar-refractivity contribution in [1.29, 1.82) is 0 Å². The number of hydrogen-bond donors (Lipinski definition) is 4. The first kappa shape index (κ1) is 28.2. The first-order valence-electron chi connectivity index (χ1n) is 14.6. The average Bonchev–Trinajstić information content (AvgIpc) is 3.20. The van der Waals surface area contributed by atoms with Crippen LogP contribution in [0, 0.1) is 22.7 Å². The Balaban J connectivity index is 1.27. The number of ketones is 1. The van der Waals surface area contributed by atoms with Crippen LogP contribution in [0.3, 0.4) is 0 Å². The fourth-order valence-corrected chi connectivity index (χ4v) is 9.42. The molecule has 40 heavy (non-hydrogen) atoms. The van der Waals surface area contributed by atoms with E-state index in [1.54, 1.807) is 19.9 Å². The van der Waals surface area contributed by atoms with Gasteiger partial charge in [-0.05, 0) is 75.8 Å². The molecule has 0 radical (unpaired) electrons. The molecule has 1 aromatic rings. The Morgan fingerprint density at radius 1 is 1.05 bits per heavy atom. The molecule has 6 rings (SSSR count). The Hall–Kier alpha value is -1.95. The van der Waals surface area contributed by atoms with Gasteiger partial charge in [0, 0.05) is 31.2 Å². The molecule has 0 bridgehead atoms. The van der Waals surface area contributed by atoms with Gasteiger partial charge in [-0.25, -0.2) is 4.79 Å². The highest BCUT2D eigenvalue weighted by molar-refractivity contribution is 5.90. The van der Waals surface area contributed by atoms with Crippen molar-refractivity contribution in [3.63, 3.8) is 0 Å². The van der Waals surface area contributed by atoms with E-state index in [2.05, 4.69) is 0 Å². The lowest BCUT2D eigenvalue weighted by molar-refractivity contribution is -0.296. The first-order valence-corrected chi connectivity index (χ1v) is 14.6. The fourth-order valence-electron chi connectivity index (χ4n) is 9.42. The van der Waals surface area contributed by atoms with Crippen LogP contribution in [0.4, 0.5) is 0 Å². The van der Waals surface area contributed by atoms with Gasteiger partial charge in [0.2, 0.25) is 0 Å². The highest BCUT2D eigenvalue weighted by Gasteiger charge is 2.74. The van der Waals surface area contributed by atoms with E-state index >= 15 is 0 Å². The molecular weight excluding hydrogens is 520 g/mol. The molecule has 5 aliphatic rings. The lowest BCUT2D eigenvalue weighted by atomic mass is 9.41. The van der Waals surface area contributed by atoms with Crippen LogP contribution in [0.1, 0.15) is 83.1 Å². The van der Waals surface area contributed by atoms with Crippen molar-refractivity contribution in [3.05, 3.63) is 34.4 Å². The van der Waals surface area contributed by atoms with E-state index in [0.29, 0.717) is 37.7 Å². The molecule has 4 aliphatic carbocycles. The van der Waals surface area contributed by atoms with Crippen LogP contribution in [0.2, 0.25) is 0 Å². The molecule has 0 aromatic carbocycles. The van der Waals surface area contributed by atoms with Crippen molar-refractivity contribution < 1.29 is 43.9 Å². The predicted molar refractivity (Wildman–Crippen MR) is 139 cm³/mol. The molecule has 12 unspecified atom stereocenters. The normalized spacial score (nSPS) is 50.5. The Labute approximate surface area is 232 Å². The zero-order valence-electron chi connectivity index (χ0n) is 23.0. The molecular formula is C30H40O10. The molecule has 220 valence electrons. The van der Waals surface area contributed by atoms with Gasteiger partial charge in [0.15, 0.2) is 6.29 Å². The second kappa shape index (κ2) is 9.54. The Kier molecular flexibility index (Phi) is 6.72. The van der Waals surface area contributed by atoms with Crippen LogP contribution >= 0.6 is 0 Å². The number of hydrogen-bond acceptors (Lipinski definition) is 10. The number of aldehydes is 1. The monoisotopic (exact) mass is 560 g/mol. The lowest BCUT2D eigenvalue weighted by Crippen LogP contribution is -2.70. The van der Waals surface area contributed by atoms with Gasteiger partial charge in [-0.3, -0.25) is 4.79 Å². The third-order valence-electron chi connectivity index (χ3n) is 11.6. The van der Waals surface area contributed by atoms with Crippen LogP contribution in [0.25, 0.3) is 0 Å². The van der Waals surface area contributed by atoms with Crippen molar-refractivity contribution in [2.75, 3.05) is 0 Å². The number of aliphatic hydroxyl groups excluding tert-OH is 2. The summed E-state index contributed by atoms with van der Waals surface area (Å²) < 4.78 is 16.9. The number of Topliss-reactive ketones (excluding diaryl/α,β-unsaturated/α-hetero) is 1. The number of rotatable bonds is 4. The standard InChI is InChI=1S/C30H40O10/c1-16-11-22(32)25(35)26(39-16)40-18-5-8-28(15-31)21-12-23(33)27(2)19(17-3-4-24(34)38-14-17)7-10-30(27,37)20(21)6-9-29(28,36)13-18/h3-4,14-16,18-22,25-26,32,35-37H,5-13H2,1-2H3. The Morgan fingerprint density at radius 2 is 1.82 bits per heavy atom. The summed E-state index contributed by atoms with van der Waals surface area (Å²) >= 11 is 0. The van der Waals surface area contributed by atoms with Gasteiger partial charge >= 0.3 is 5.63 Å². The maximum Gasteiger partial charge on any atom is 0.335 e. The van der Waals surface area contributed by atoms with Gasteiger partial charge < -0.3 is 39.1 Å². The minimum atomic E-state index is -1.45. The highest BCUT2D eigenvalue weighted by Crippen LogP contribution is 2.70. The van der Waals surface area contributed by atoms with Crippen molar-refractivity contribution in [2.24, 2.45) is 22.7 Å². The van der Waals surface area contributed by atoms with Gasteiger partial charge in [-0.15, -0.1) is 0 Å². The maximum atomic E-state index is 14.0. The summed E-state index contributed by atoms with van der Waals surface area (Å²) in [4.78, 5) is 38.6. The van der Waals surface area contributed by atoms with E-state index in [4.69, 9.17) is 13.9 Å². The van der Waals surface area contributed by atoms with Gasteiger partial charge in [0.05, 0.1) is 46.6 Å². The summed E-state index contributed by atoms with van der Waals surface area (Å²) in [7, 11) is 0. The molecule has 0 spiro atoms. The summed E-state index contributed by atoms with van der Waals surface area (Å²) in [5.74, 6) is -1.36. The van der Waals surface area contributed by atoms with E-state index in [1.165, 1.54) is 12.3 Å². The van der Waals surface area contributed by atoms with Crippen molar-refractivity contribution >= 4 is 12.1 Å². The fraction of sp³-hybridized carbons (Fsp3) is 0.767. The first-order chi connectivity index (χ1) is 18.9. The topological polar surface area (TPSA) is 164 Å². The van der Waals surface area contributed by atoms with Gasteiger partial charge in [0.25, 0.3) is 0 Å². The highest BCUT2D eigenvalue weighted by atomic mass is 16.7. The molecule has 10 heteroatoms.